The third-order valence-corrected chi connectivity index (χ3v) is 4.71. The van der Waals surface area contributed by atoms with Crippen molar-refractivity contribution in [2.45, 2.75) is 13.3 Å². The second-order valence-corrected chi connectivity index (χ2v) is 7.06. The minimum atomic E-state index is -1.21. The molecule has 1 aromatic carbocycles. The Bertz CT molecular complexity index is 1100. The molecule has 2 aromatic heterocycles. The number of rotatable bonds is 6. The zero-order valence-electron chi connectivity index (χ0n) is 13.3. The molecule has 0 aliphatic carbocycles. The summed E-state index contributed by atoms with van der Waals surface area (Å²) in [4.78, 5) is 63.6. The van der Waals surface area contributed by atoms with Crippen LogP contribution in [0.5, 0.6) is 0 Å². The molecule has 0 saturated heterocycles. The number of fused-ring (bicyclic) bond motifs is 2. The molecule has 11 nitrogen and oxygen atoms in total. The van der Waals surface area contributed by atoms with Crippen molar-refractivity contribution in [1.82, 2.24) is 9.13 Å². The zero-order valence-corrected chi connectivity index (χ0v) is 14.1. The van der Waals surface area contributed by atoms with Crippen molar-refractivity contribution in [3.63, 3.8) is 0 Å². The number of aromatic nitrogens is 2. The van der Waals surface area contributed by atoms with Gasteiger partial charge in [-0.2, -0.15) is 0 Å². The largest absolute Gasteiger partial charge is 0.296 e. The van der Waals surface area contributed by atoms with Gasteiger partial charge in [0.05, 0.1) is 21.5 Å². The first-order valence-electron chi connectivity index (χ1n) is 7.20. The van der Waals surface area contributed by atoms with Gasteiger partial charge in [-0.05, 0) is 12.1 Å². The maximum atomic E-state index is 12.4. The van der Waals surface area contributed by atoms with E-state index < -0.39 is 44.9 Å². The molecule has 0 bridgehead atoms. The van der Waals surface area contributed by atoms with Gasteiger partial charge in [-0.15, -0.1) is 10.1 Å². The Balaban J connectivity index is 2.24. The summed E-state index contributed by atoms with van der Waals surface area (Å²) in [5.74, 6) is 0.106. The summed E-state index contributed by atoms with van der Waals surface area (Å²) in [5.41, 5.74) is -3.02. The molecule has 1 unspecified atom stereocenters. The number of nitrogens with zero attached hydrogens (tertiary/aromatic N) is 3. The highest BCUT2D eigenvalue weighted by Gasteiger charge is 2.19. The predicted molar refractivity (Wildman–Crippen MR) is 91.9 cm³/mol. The smallest absolute Gasteiger partial charge is 0.292 e. The molecule has 0 radical (unpaired) electrons. The molecule has 3 rings (SSSR count). The van der Waals surface area contributed by atoms with Gasteiger partial charge in [0, 0.05) is 29.4 Å². The average Bonchev–Trinajstić information content (AvgIpc) is 2.95. The first kappa shape index (κ1) is 17.7. The van der Waals surface area contributed by atoms with E-state index in [-0.39, 0.29) is 33.8 Å². The fourth-order valence-electron chi connectivity index (χ4n) is 2.72. The Hall–Kier alpha value is -3.15. The van der Waals surface area contributed by atoms with E-state index in [2.05, 4.69) is 4.84 Å². The maximum Gasteiger partial charge on any atom is 0.296 e. The highest BCUT2D eigenvalue weighted by molar-refractivity contribution is 7.84. The van der Waals surface area contributed by atoms with Crippen LogP contribution in [0.15, 0.2) is 31.3 Å². The summed E-state index contributed by atoms with van der Waals surface area (Å²) in [7, 11) is -1.21. The van der Waals surface area contributed by atoms with Crippen molar-refractivity contribution in [3.05, 3.63) is 63.7 Å². The summed E-state index contributed by atoms with van der Waals surface area (Å²) in [6, 6.07) is 2.25. The van der Waals surface area contributed by atoms with Gasteiger partial charge >= 0.3 is 0 Å². The average molecular weight is 381 g/mol. The Morgan fingerprint density at radius 1 is 0.962 bits per heavy atom. The number of hydrogen-bond donors (Lipinski definition) is 0. The molecule has 0 N–H and O–H groups in total. The second kappa shape index (κ2) is 6.29. The van der Waals surface area contributed by atoms with Gasteiger partial charge in [-0.1, -0.05) is 0 Å². The van der Waals surface area contributed by atoms with E-state index in [0.29, 0.717) is 4.57 Å². The third kappa shape index (κ3) is 2.73. The predicted octanol–water partition coefficient (Wildman–Crippen LogP) is -1.54. The van der Waals surface area contributed by atoms with Gasteiger partial charge in [-0.3, -0.25) is 32.8 Å². The van der Waals surface area contributed by atoms with Crippen LogP contribution in [0.3, 0.4) is 0 Å². The molecule has 12 heteroatoms. The monoisotopic (exact) mass is 381 g/mol. The summed E-state index contributed by atoms with van der Waals surface area (Å²) in [6.07, 6.45) is 1.44. The molecule has 1 atom stereocenters. The zero-order chi connectivity index (χ0) is 19.2. The van der Waals surface area contributed by atoms with Crippen LogP contribution < -0.4 is 22.2 Å². The first-order chi connectivity index (χ1) is 12.2. The van der Waals surface area contributed by atoms with Crippen molar-refractivity contribution in [2.24, 2.45) is 0 Å². The topological polar surface area (TPSA) is 148 Å². The van der Waals surface area contributed by atoms with Crippen LogP contribution in [0, 0.1) is 10.1 Å². The lowest BCUT2D eigenvalue weighted by Gasteiger charge is -1.96. The van der Waals surface area contributed by atoms with Crippen LogP contribution >= 0.6 is 0 Å². The minimum Gasteiger partial charge on any atom is -0.292 e. The third-order valence-electron chi connectivity index (χ3n) is 3.95. The van der Waals surface area contributed by atoms with E-state index in [1.807, 2.05) is 0 Å². The molecule has 0 fully saturated rings. The Kier molecular flexibility index (Phi) is 4.28. The summed E-state index contributed by atoms with van der Waals surface area (Å²) < 4.78 is 12.6. The van der Waals surface area contributed by atoms with Crippen molar-refractivity contribution in [3.8, 4) is 0 Å². The van der Waals surface area contributed by atoms with E-state index >= 15 is 0 Å². The Labute approximate surface area is 145 Å². The summed E-state index contributed by atoms with van der Waals surface area (Å²) in [5, 5.41) is 8.74. The van der Waals surface area contributed by atoms with Crippen molar-refractivity contribution in [2.75, 3.05) is 12.0 Å². The van der Waals surface area contributed by atoms with Crippen LogP contribution in [-0.4, -0.2) is 30.4 Å². The molecular weight excluding hydrogens is 370 g/mol. The summed E-state index contributed by atoms with van der Waals surface area (Å²) >= 11 is 0. The van der Waals surface area contributed by atoms with Crippen LogP contribution in [0.4, 0.5) is 0 Å². The quantitative estimate of drug-likeness (QED) is 0.368. The second-order valence-electron chi connectivity index (χ2n) is 5.50. The highest BCUT2D eigenvalue weighted by Crippen LogP contribution is 2.14. The van der Waals surface area contributed by atoms with Gasteiger partial charge in [0.15, 0.2) is 6.73 Å². The molecule has 0 aliphatic rings. The fraction of sp³-hybridized carbons (Fsp3) is 0.286. The van der Waals surface area contributed by atoms with E-state index in [1.165, 1.54) is 6.26 Å². The van der Waals surface area contributed by atoms with Crippen LogP contribution in [-0.2, 0) is 28.9 Å². The molecule has 136 valence electrons. The Morgan fingerprint density at radius 3 is 1.77 bits per heavy atom. The van der Waals surface area contributed by atoms with Crippen molar-refractivity contribution < 1.29 is 14.1 Å². The maximum absolute atomic E-state index is 12.4. The molecule has 0 saturated carbocycles. The van der Waals surface area contributed by atoms with Crippen LogP contribution in [0.2, 0.25) is 0 Å². The lowest BCUT2D eigenvalue weighted by Crippen LogP contribution is -2.28. The van der Waals surface area contributed by atoms with Gasteiger partial charge in [0.1, 0.15) is 0 Å². The molecule has 0 amide bonds. The fourth-order valence-corrected chi connectivity index (χ4v) is 3.16. The molecule has 0 aliphatic heterocycles. The summed E-state index contributed by atoms with van der Waals surface area (Å²) in [6.45, 7) is -0.939. The van der Waals surface area contributed by atoms with Crippen LogP contribution in [0.1, 0.15) is 0 Å². The van der Waals surface area contributed by atoms with Crippen molar-refractivity contribution in [1.29, 1.82) is 0 Å². The van der Waals surface area contributed by atoms with E-state index in [1.54, 1.807) is 0 Å². The van der Waals surface area contributed by atoms with Gasteiger partial charge < -0.3 is 0 Å². The molecular formula is C14H11N3O8S. The Morgan fingerprint density at radius 2 is 1.38 bits per heavy atom. The molecule has 3 aromatic rings. The lowest BCUT2D eigenvalue weighted by molar-refractivity contribution is -0.767. The van der Waals surface area contributed by atoms with Crippen molar-refractivity contribution >= 4 is 32.3 Å². The van der Waals surface area contributed by atoms with E-state index in [0.717, 1.165) is 16.7 Å². The molecule has 2 heterocycles. The number of hydrogen-bond acceptors (Lipinski definition) is 8. The van der Waals surface area contributed by atoms with Gasteiger partial charge in [-0.25, -0.2) is 4.57 Å². The van der Waals surface area contributed by atoms with Crippen LogP contribution in [0.25, 0.3) is 21.5 Å². The standard InChI is InChI=1S/C14H11N3O8S/c1-26(24)3-2-15-11(18)7-4-9-10(5-8(7)12(15)19)14(21)16(13(9)20)6-25-17(22)23/h4-5H,2-3,6H2,1H3. The first-order valence-corrected chi connectivity index (χ1v) is 8.93. The molecule has 0 spiro atoms. The number of benzene rings is 1. The molecule has 26 heavy (non-hydrogen) atoms. The SMILES string of the molecule is CS(=O)CCn1c(=O)c2cc3c(=O)n(CO[N+](=O)[O-])c(=O)c3cc2c1=O. The van der Waals surface area contributed by atoms with E-state index in [4.69, 9.17) is 0 Å². The van der Waals surface area contributed by atoms with E-state index in [9.17, 15) is 33.5 Å². The normalized spacial score (nSPS) is 12.7. The van der Waals surface area contributed by atoms with Gasteiger partial charge in [0.2, 0.25) is 0 Å². The minimum absolute atomic E-state index is 0.0474. The lowest BCUT2D eigenvalue weighted by atomic mass is 10.1. The van der Waals surface area contributed by atoms with Gasteiger partial charge in [0.25, 0.3) is 27.3 Å². The highest BCUT2D eigenvalue weighted by atomic mass is 32.2.